The Bertz CT molecular complexity index is 437. The number of aliphatic hydroxyl groups is 2. The van der Waals surface area contributed by atoms with Crippen molar-refractivity contribution in [3.05, 3.63) is 35.4 Å². The summed E-state index contributed by atoms with van der Waals surface area (Å²) >= 11 is 0. The van der Waals surface area contributed by atoms with Crippen LogP contribution >= 0.6 is 0 Å². The summed E-state index contributed by atoms with van der Waals surface area (Å²) in [5.41, 5.74) is 2.41. The standard InChI is InChI=1S/C17H25NO2/c1-17(10-19,11-20)18-16-14-6-7-15(16)9-13-5-3-2-4-12(13)8-14/h2-5,14-16,18-20H,6-11H2,1H3. The van der Waals surface area contributed by atoms with Gasteiger partial charge in [0.2, 0.25) is 0 Å². The van der Waals surface area contributed by atoms with Crippen LogP contribution in [0.2, 0.25) is 0 Å². The van der Waals surface area contributed by atoms with Crippen LogP contribution < -0.4 is 5.32 Å². The number of benzene rings is 1. The molecule has 1 aromatic rings. The minimum absolute atomic E-state index is 0.0214. The predicted molar refractivity (Wildman–Crippen MR) is 79.6 cm³/mol. The lowest BCUT2D eigenvalue weighted by Gasteiger charge is -2.35. The minimum atomic E-state index is -0.567. The smallest absolute Gasteiger partial charge is 0.0633 e. The van der Waals surface area contributed by atoms with Gasteiger partial charge in [0.25, 0.3) is 0 Å². The molecule has 110 valence electrons. The molecule has 0 aliphatic heterocycles. The normalized spacial score (nSPS) is 29.1. The Morgan fingerprint density at radius 3 is 2.00 bits per heavy atom. The Kier molecular flexibility index (Phi) is 3.85. The van der Waals surface area contributed by atoms with Crippen LogP contribution in [0.25, 0.3) is 0 Å². The molecule has 3 nitrogen and oxygen atoms in total. The Hall–Kier alpha value is -0.900. The van der Waals surface area contributed by atoms with Crippen molar-refractivity contribution in [2.24, 2.45) is 11.8 Å². The lowest BCUT2D eigenvalue weighted by atomic mass is 9.91. The highest BCUT2D eigenvalue weighted by molar-refractivity contribution is 5.31. The largest absolute Gasteiger partial charge is 0.394 e. The molecule has 3 rings (SSSR count). The second-order valence-corrected chi connectivity index (χ2v) is 6.82. The van der Waals surface area contributed by atoms with Crippen LogP contribution in [-0.2, 0) is 12.8 Å². The fraction of sp³-hybridized carbons (Fsp3) is 0.647. The van der Waals surface area contributed by atoms with E-state index in [2.05, 4.69) is 29.6 Å². The van der Waals surface area contributed by atoms with E-state index in [4.69, 9.17) is 0 Å². The second-order valence-electron chi connectivity index (χ2n) is 6.82. The van der Waals surface area contributed by atoms with Crippen LogP contribution in [0.3, 0.4) is 0 Å². The highest BCUT2D eigenvalue weighted by atomic mass is 16.3. The molecule has 0 aromatic heterocycles. The van der Waals surface area contributed by atoms with Crippen LogP contribution in [-0.4, -0.2) is 35.0 Å². The quantitative estimate of drug-likeness (QED) is 0.781. The molecule has 0 heterocycles. The predicted octanol–water partition coefficient (Wildman–Crippen LogP) is 1.51. The maximum Gasteiger partial charge on any atom is 0.0633 e. The van der Waals surface area contributed by atoms with Crippen molar-refractivity contribution in [2.45, 2.75) is 44.2 Å². The van der Waals surface area contributed by atoms with Crippen LogP contribution in [0.5, 0.6) is 0 Å². The molecule has 3 heteroatoms. The Morgan fingerprint density at radius 2 is 1.55 bits per heavy atom. The first-order valence-corrected chi connectivity index (χ1v) is 7.71. The van der Waals surface area contributed by atoms with Gasteiger partial charge in [0.1, 0.15) is 0 Å². The van der Waals surface area contributed by atoms with Gasteiger partial charge in [-0.1, -0.05) is 24.3 Å². The number of rotatable bonds is 4. The fourth-order valence-electron chi connectivity index (χ4n) is 3.93. The van der Waals surface area contributed by atoms with Crippen LogP contribution in [0.1, 0.15) is 30.9 Å². The Labute approximate surface area is 121 Å². The van der Waals surface area contributed by atoms with E-state index in [1.165, 1.54) is 24.0 Å². The summed E-state index contributed by atoms with van der Waals surface area (Å²) in [5.74, 6) is 1.25. The van der Waals surface area contributed by atoms with E-state index in [1.807, 2.05) is 6.92 Å². The molecular weight excluding hydrogens is 250 g/mol. The van der Waals surface area contributed by atoms with Crippen molar-refractivity contribution in [1.29, 1.82) is 0 Å². The third-order valence-corrected chi connectivity index (χ3v) is 5.22. The summed E-state index contributed by atoms with van der Waals surface area (Å²) in [6.45, 7) is 1.86. The molecule has 2 unspecified atom stereocenters. The average Bonchev–Trinajstić information content (AvgIpc) is 2.73. The zero-order valence-corrected chi connectivity index (χ0v) is 12.2. The topological polar surface area (TPSA) is 52.5 Å². The average molecular weight is 275 g/mol. The summed E-state index contributed by atoms with van der Waals surface area (Å²) in [5, 5.41) is 22.6. The van der Waals surface area contributed by atoms with Gasteiger partial charge in [-0.05, 0) is 55.6 Å². The molecule has 0 radical (unpaired) electrons. The lowest BCUT2D eigenvalue weighted by molar-refractivity contribution is 0.0823. The molecular formula is C17H25NO2. The monoisotopic (exact) mass is 275 g/mol. The van der Waals surface area contributed by atoms with Crippen molar-refractivity contribution in [3.8, 4) is 0 Å². The van der Waals surface area contributed by atoms with Gasteiger partial charge in [0.15, 0.2) is 0 Å². The number of hydrogen-bond donors (Lipinski definition) is 3. The highest BCUT2D eigenvalue weighted by Gasteiger charge is 2.41. The van der Waals surface area contributed by atoms with Crippen molar-refractivity contribution in [1.82, 2.24) is 5.32 Å². The maximum atomic E-state index is 9.53. The molecule has 1 aromatic carbocycles. The van der Waals surface area contributed by atoms with Crippen molar-refractivity contribution in [3.63, 3.8) is 0 Å². The first kappa shape index (κ1) is 14.1. The second kappa shape index (κ2) is 5.47. The van der Waals surface area contributed by atoms with E-state index in [0.29, 0.717) is 17.9 Å². The zero-order valence-electron chi connectivity index (χ0n) is 12.2. The summed E-state index contributed by atoms with van der Waals surface area (Å²) in [4.78, 5) is 0. The lowest BCUT2D eigenvalue weighted by Crippen LogP contribution is -2.56. The van der Waals surface area contributed by atoms with Crippen LogP contribution in [0, 0.1) is 11.8 Å². The van der Waals surface area contributed by atoms with E-state index in [-0.39, 0.29) is 13.2 Å². The van der Waals surface area contributed by atoms with Crippen molar-refractivity contribution < 1.29 is 10.2 Å². The summed E-state index contributed by atoms with van der Waals surface area (Å²) < 4.78 is 0. The van der Waals surface area contributed by atoms with Gasteiger partial charge in [0, 0.05) is 6.04 Å². The van der Waals surface area contributed by atoms with Crippen molar-refractivity contribution in [2.75, 3.05) is 13.2 Å². The van der Waals surface area contributed by atoms with E-state index in [9.17, 15) is 10.2 Å². The Morgan fingerprint density at radius 1 is 1.05 bits per heavy atom. The molecule has 0 saturated heterocycles. The summed E-state index contributed by atoms with van der Waals surface area (Å²) in [6.07, 6.45) is 4.75. The van der Waals surface area contributed by atoms with Crippen LogP contribution in [0.4, 0.5) is 0 Å². The molecule has 2 aliphatic carbocycles. The SMILES string of the molecule is CC(CO)(CO)NC1C2CCC1Cc1ccccc1C2. The van der Waals surface area contributed by atoms with Gasteiger partial charge in [-0.2, -0.15) is 0 Å². The summed E-state index contributed by atoms with van der Waals surface area (Å²) in [7, 11) is 0. The van der Waals surface area contributed by atoms with Gasteiger partial charge in [-0.3, -0.25) is 0 Å². The van der Waals surface area contributed by atoms with E-state index in [0.717, 1.165) is 12.8 Å². The molecule has 3 N–H and O–H groups in total. The van der Waals surface area contributed by atoms with Gasteiger partial charge >= 0.3 is 0 Å². The number of aliphatic hydroxyl groups excluding tert-OH is 2. The number of nitrogens with one attached hydrogen (secondary N) is 1. The molecule has 0 spiro atoms. The Balaban J connectivity index is 1.82. The van der Waals surface area contributed by atoms with Crippen molar-refractivity contribution >= 4 is 0 Å². The number of hydrogen-bond acceptors (Lipinski definition) is 3. The van der Waals surface area contributed by atoms with Gasteiger partial charge in [-0.25, -0.2) is 0 Å². The molecule has 2 atom stereocenters. The molecule has 0 amide bonds. The third-order valence-electron chi connectivity index (χ3n) is 5.22. The summed E-state index contributed by atoms with van der Waals surface area (Å²) in [6, 6.07) is 9.18. The van der Waals surface area contributed by atoms with E-state index >= 15 is 0 Å². The van der Waals surface area contributed by atoms with E-state index < -0.39 is 5.54 Å². The molecule has 2 bridgehead atoms. The molecule has 1 fully saturated rings. The first-order valence-electron chi connectivity index (χ1n) is 7.71. The van der Waals surface area contributed by atoms with Gasteiger partial charge < -0.3 is 15.5 Å². The zero-order chi connectivity index (χ0) is 14.2. The van der Waals surface area contributed by atoms with E-state index in [1.54, 1.807) is 0 Å². The van der Waals surface area contributed by atoms with Gasteiger partial charge in [-0.15, -0.1) is 0 Å². The molecule has 1 saturated carbocycles. The molecule has 20 heavy (non-hydrogen) atoms. The van der Waals surface area contributed by atoms with Gasteiger partial charge in [0.05, 0.1) is 18.8 Å². The third kappa shape index (κ3) is 2.50. The maximum absolute atomic E-state index is 9.53. The fourth-order valence-corrected chi connectivity index (χ4v) is 3.93. The van der Waals surface area contributed by atoms with Crippen LogP contribution in [0.15, 0.2) is 24.3 Å². The molecule has 2 aliphatic rings. The highest BCUT2D eigenvalue weighted by Crippen LogP contribution is 2.40. The minimum Gasteiger partial charge on any atom is -0.394 e. The number of fused-ring (bicyclic) bond motifs is 3. The first-order chi connectivity index (χ1) is 9.65.